The van der Waals surface area contributed by atoms with Gasteiger partial charge in [0.25, 0.3) is 0 Å². The summed E-state index contributed by atoms with van der Waals surface area (Å²) in [6.07, 6.45) is 4.72. The van der Waals surface area contributed by atoms with Gasteiger partial charge in [-0.2, -0.15) is 16.7 Å². The number of nitrogens with one attached hydrogen (secondary N) is 1. The molecule has 1 N–H and O–H groups in total. The molecule has 0 spiro atoms. The Labute approximate surface area is 128 Å². The van der Waals surface area contributed by atoms with Gasteiger partial charge in [0.2, 0.25) is 11.7 Å². The average molecular weight is 304 g/mol. The molecular formula is C15H20N4OS. The summed E-state index contributed by atoms with van der Waals surface area (Å²) in [5.41, 5.74) is 2.05. The first-order valence-corrected chi connectivity index (χ1v) is 8.50. The molecule has 2 aromatic heterocycles. The van der Waals surface area contributed by atoms with Crippen molar-refractivity contribution in [3.05, 3.63) is 29.9 Å². The maximum atomic E-state index is 5.53. The Bertz CT molecular complexity index is 601. The van der Waals surface area contributed by atoms with Crippen LogP contribution >= 0.6 is 11.8 Å². The van der Waals surface area contributed by atoms with Crippen molar-refractivity contribution in [3.63, 3.8) is 0 Å². The Hall–Kier alpha value is -1.40. The van der Waals surface area contributed by atoms with Crippen LogP contribution in [0.4, 0.5) is 0 Å². The SMILES string of the molecule is CCCNC1CSCC1c1nc(-c2ccncc2C)no1. The normalized spacial score (nSPS) is 21.8. The molecule has 2 atom stereocenters. The number of thioether (sulfide) groups is 1. The fraction of sp³-hybridized carbons (Fsp3) is 0.533. The lowest BCUT2D eigenvalue weighted by Crippen LogP contribution is -2.34. The molecule has 1 aliphatic heterocycles. The predicted octanol–water partition coefficient (Wildman–Crippen LogP) is 2.64. The van der Waals surface area contributed by atoms with E-state index in [4.69, 9.17) is 4.52 Å². The van der Waals surface area contributed by atoms with Crippen LogP contribution in [0.5, 0.6) is 0 Å². The van der Waals surface area contributed by atoms with Gasteiger partial charge >= 0.3 is 0 Å². The van der Waals surface area contributed by atoms with Gasteiger partial charge in [-0.05, 0) is 31.5 Å². The van der Waals surface area contributed by atoms with Crippen molar-refractivity contribution in [1.29, 1.82) is 0 Å². The molecule has 0 radical (unpaired) electrons. The van der Waals surface area contributed by atoms with Gasteiger partial charge in [0, 0.05) is 35.5 Å². The van der Waals surface area contributed by atoms with Gasteiger partial charge in [0.05, 0.1) is 5.92 Å². The summed E-state index contributed by atoms with van der Waals surface area (Å²) in [4.78, 5) is 8.72. The molecule has 5 nitrogen and oxygen atoms in total. The molecule has 0 amide bonds. The molecule has 1 saturated heterocycles. The second-order valence-electron chi connectivity index (χ2n) is 5.35. The Morgan fingerprint density at radius 1 is 1.43 bits per heavy atom. The van der Waals surface area contributed by atoms with Crippen molar-refractivity contribution >= 4 is 11.8 Å². The van der Waals surface area contributed by atoms with Gasteiger partial charge in [0.15, 0.2) is 0 Å². The van der Waals surface area contributed by atoms with Gasteiger partial charge in [0.1, 0.15) is 0 Å². The third-order valence-corrected chi connectivity index (χ3v) is 4.95. The summed E-state index contributed by atoms with van der Waals surface area (Å²) in [7, 11) is 0. The van der Waals surface area contributed by atoms with Gasteiger partial charge < -0.3 is 9.84 Å². The Kier molecular flexibility index (Phi) is 4.55. The Morgan fingerprint density at radius 2 is 2.33 bits per heavy atom. The lowest BCUT2D eigenvalue weighted by Gasteiger charge is -2.16. The van der Waals surface area contributed by atoms with E-state index >= 15 is 0 Å². The third-order valence-electron chi connectivity index (χ3n) is 3.76. The average Bonchev–Trinajstić information content (AvgIpc) is 3.14. The van der Waals surface area contributed by atoms with Crippen LogP contribution in [0.1, 0.15) is 30.7 Å². The van der Waals surface area contributed by atoms with Gasteiger partial charge in [-0.25, -0.2) is 0 Å². The summed E-state index contributed by atoms with van der Waals surface area (Å²) in [5.74, 6) is 3.87. The van der Waals surface area contributed by atoms with Crippen LogP contribution in [-0.4, -0.2) is 39.2 Å². The van der Waals surface area contributed by atoms with Crippen LogP contribution in [0.2, 0.25) is 0 Å². The number of nitrogens with zero attached hydrogens (tertiary/aromatic N) is 3. The van der Waals surface area contributed by atoms with Gasteiger partial charge in [-0.1, -0.05) is 12.1 Å². The van der Waals surface area contributed by atoms with E-state index in [0.29, 0.717) is 17.8 Å². The van der Waals surface area contributed by atoms with E-state index in [1.165, 1.54) is 0 Å². The van der Waals surface area contributed by atoms with Crippen molar-refractivity contribution in [1.82, 2.24) is 20.4 Å². The quantitative estimate of drug-likeness (QED) is 0.916. The highest BCUT2D eigenvalue weighted by atomic mass is 32.2. The second-order valence-corrected chi connectivity index (χ2v) is 6.43. The second kappa shape index (κ2) is 6.58. The molecule has 1 aliphatic rings. The lowest BCUT2D eigenvalue weighted by molar-refractivity contribution is 0.339. The van der Waals surface area contributed by atoms with Crippen LogP contribution in [0.25, 0.3) is 11.4 Å². The van der Waals surface area contributed by atoms with Crippen LogP contribution in [0.15, 0.2) is 23.0 Å². The van der Waals surface area contributed by atoms with E-state index in [-0.39, 0.29) is 0 Å². The molecule has 0 aliphatic carbocycles. The minimum absolute atomic E-state index is 0.310. The first kappa shape index (κ1) is 14.5. The van der Waals surface area contributed by atoms with E-state index in [0.717, 1.165) is 41.5 Å². The highest BCUT2D eigenvalue weighted by molar-refractivity contribution is 7.99. The summed E-state index contributed by atoms with van der Waals surface area (Å²) in [6.45, 7) is 5.22. The zero-order valence-electron chi connectivity index (χ0n) is 12.4. The molecule has 0 aromatic carbocycles. The summed E-state index contributed by atoms with van der Waals surface area (Å²) >= 11 is 1.94. The number of aryl methyl sites for hydroxylation is 1. The first-order valence-electron chi connectivity index (χ1n) is 7.35. The Morgan fingerprint density at radius 3 is 3.14 bits per heavy atom. The van der Waals surface area contributed by atoms with Crippen molar-refractivity contribution in [2.75, 3.05) is 18.1 Å². The monoisotopic (exact) mass is 304 g/mol. The van der Waals surface area contributed by atoms with Crippen molar-refractivity contribution < 1.29 is 4.52 Å². The number of rotatable bonds is 5. The number of hydrogen-bond acceptors (Lipinski definition) is 6. The molecule has 0 bridgehead atoms. The zero-order valence-corrected chi connectivity index (χ0v) is 13.2. The topological polar surface area (TPSA) is 63.8 Å². The highest BCUT2D eigenvalue weighted by Crippen LogP contribution is 2.33. The zero-order chi connectivity index (χ0) is 14.7. The highest BCUT2D eigenvalue weighted by Gasteiger charge is 2.33. The third kappa shape index (κ3) is 3.11. The number of aromatic nitrogens is 3. The minimum Gasteiger partial charge on any atom is -0.339 e. The van der Waals surface area contributed by atoms with Gasteiger partial charge in [-0.3, -0.25) is 4.98 Å². The van der Waals surface area contributed by atoms with E-state index in [2.05, 4.69) is 27.4 Å². The van der Waals surface area contributed by atoms with E-state index in [1.807, 2.05) is 30.9 Å². The van der Waals surface area contributed by atoms with Crippen LogP contribution in [-0.2, 0) is 0 Å². The molecular weight excluding hydrogens is 284 g/mol. The van der Waals surface area contributed by atoms with E-state index in [9.17, 15) is 0 Å². The van der Waals surface area contributed by atoms with E-state index < -0.39 is 0 Å². The van der Waals surface area contributed by atoms with Gasteiger partial charge in [-0.15, -0.1) is 0 Å². The molecule has 0 saturated carbocycles. The number of pyridine rings is 1. The van der Waals surface area contributed by atoms with Crippen molar-refractivity contribution in [3.8, 4) is 11.4 Å². The standard InChI is InChI=1S/C15H20N4OS/c1-3-5-17-13-9-21-8-12(13)15-18-14(19-20-15)11-4-6-16-7-10(11)2/h4,6-7,12-13,17H,3,5,8-9H2,1-2H3. The molecule has 112 valence electrons. The summed E-state index contributed by atoms with van der Waals surface area (Å²) < 4.78 is 5.53. The summed E-state index contributed by atoms with van der Waals surface area (Å²) in [6, 6.07) is 2.36. The minimum atomic E-state index is 0.310. The molecule has 21 heavy (non-hydrogen) atoms. The molecule has 2 aromatic rings. The maximum Gasteiger partial charge on any atom is 0.232 e. The maximum absolute atomic E-state index is 5.53. The fourth-order valence-corrected chi connectivity index (χ4v) is 3.92. The number of hydrogen-bond donors (Lipinski definition) is 1. The molecule has 1 fully saturated rings. The predicted molar refractivity (Wildman–Crippen MR) is 84.4 cm³/mol. The van der Waals surface area contributed by atoms with Crippen LogP contribution in [0, 0.1) is 6.92 Å². The molecule has 6 heteroatoms. The molecule has 3 rings (SSSR count). The van der Waals surface area contributed by atoms with Crippen molar-refractivity contribution in [2.24, 2.45) is 0 Å². The van der Waals surface area contributed by atoms with Crippen LogP contribution < -0.4 is 5.32 Å². The lowest BCUT2D eigenvalue weighted by atomic mass is 10.0. The fourth-order valence-electron chi connectivity index (χ4n) is 2.55. The molecule has 2 unspecified atom stereocenters. The smallest absolute Gasteiger partial charge is 0.232 e. The summed E-state index contributed by atoms with van der Waals surface area (Å²) in [5, 5.41) is 7.74. The van der Waals surface area contributed by atoms with Crippen LogP contribution in [0.3, 0.4) is 0 Å². The molecule has 3 heterocycles. The Balaban J connectivity index is 1.80. The van der Waals surface area contributed by atoms with E-state index in [1.54, 1.807) is 6.20 Å². The first-order chi connectivity index (χ1) is 10.3. The largest absolute Gasteiger partial charge is 0.339 e. The van der Waals surface area contributed by atoms with Crippen molar-refractivity contribution in [2.45, 2.75) is 32.2 Å².